The van der Waals surface area contributed by atoms with E-state index < -0.39 is 0 Å². The van der Waals surface area contributed by atoms with Crippen LogP contribution in [0.3, 0.4) is 0 Å². The lowest BCUT2D eigenvalue weighted by Crippen LogP contribution is -2.48. The Balaban J connectivity index is 1.77. The Morgan fingerprint density at radius 3 is 2.38 bits per heavy atom. The Morgan fingerprint density at radius 1 is 1.19 bits per heavy atom. The minimum absolute atomic E-state index is 0.188. The van der Waals surface area contributed by atoms with Crippen molar-refractivity contribution in [2.45, 2.75) is 38.1 Å². The van der Waals surface area contributed by atoms with Crippen molar-refractivity contribution in [3.05, 3.63) is 0 Å². The lowest BCUT2D eigenvalue weighted by Gasteiger charge is -2.38. The summed E-state index contributed by atoms with van der Waals surface area (Å²) in [6.07, 6.45) is 4.68. The van der Waals surface area contributed by atoms with Crippen molar-refractivity contribution in [2.24, 2.45) is 5.92 Å². The molecule has 21 heavy (non-hydrogen) atoms. The van der Waals surface area contributed by atoms with E-state index in [0.29, 0.717) is 18.4 Å². The molecule has 0 unspecified atom stereocenters. The molecule has 0 spiro atoms. The van der Waals surface area contributed by atoms with Gasteiger partial charge in [0.2, 0.25) is 5.91 Å². The zero-order valence-corrected chi connectivity index (χ0v) is 13.4. The van der Waals surface area contributed by atoms with E-state index in [1.54, 1.807) is 0 Å². The molecule has 5 nitrogen and oxygen atoms in total. The van der Waals surface area contributed by atoms with E-state index in [1.165, 1.54) is 0 Å². The van der Waals surface area contributed by atoms with Crippen molar-refractivity contribution >= 4 is 5.91 Å². The monoisotopic (exact) mass is 292 g/mol. The molecule has 2 aliphatic heterocycles. The van der Waals surface area contributed by atoms with E-state index >= 15 is 0 Å². The van der Waals surface area contributed by atoms with Crippen LogP contribution in [0, 0.1) is 17.2 Å². The fraction of sp³-hybridized carbons (Fsp3) is 0.875. The smallest absolute Gasteiger partial charge is 0.225 e. The Labute approximate surface area is 128 Å². The molecule has 1 amide bonds. The highest BCUT2D eigenvalue weighted by molar-refractivity contribution is 5.79. The molecule has 0 aliphatic carbocycles. The molecule has 5 heteroatoms. The van der Waals surface area contributed by atoms with Crippen LogP contribution < -0.4 is 0 Å². The fourth-order valence-corrected chi connectivity index (χ4v) is 3.46. The van der Waals surface area contributed by atoms with Crippen molar-refractivity contribution in [2.75, 3.05) is 46.8 Å². The average molecular weight is 292 g/mol. The van der Waals surface area contributed by atoms with E-state index in [2.05, 4.69) is 22.9 Å². The summed E-state index contributed by atoms with van der Waals surface area (Å²) in [5.41, 5.74) is 0. The first-order valence-corrected chi connectivity index (χ1v) is 8.16. The van der Waals surface area contributed by atoms with Gasteiger partial charge in [0, 0.05) is 32.0 Å². The maximum absolute atomic E-state index is 12.6. The highest BCUT2D eigenvalue weighted by atomic mass is 16.2. The normalized spacial score (nSPS) is 22.9. The maximum Gasteiger partial charge on any atom is 0.225 e. The number of nitrogens with zero attached hydrogens (tertiary/aromatic N) is 4. The largest absolute Gasteiger partial charge is 0.342 e. The van der Waals surface area contributed by atoms with Gasteiger partial charge in [-0.15, -0.1) is 0 Å². The third-order valence-electron chi connectivity index (χ3n) is 5.06. The topological polar surface area (TPSA) is 50.6 Å². The summed E-state index contributed by atoms with van der Waals surface area (Å²) in [5, 5.41) is 8.63. The molecule has 2 aliphatic rings. The number of likely N-dealkylation sites (tertiary alicyclic amines) is 2. The van der Waals surface area contributed by atoms with Crippen molar-refractivity contribution in [3.63, 3.8) is 0 Å². The number of amides is 1. The molecular weight excluding hydrogens is 264 g/mol. The SMILES string of the molecule is CN1CCC(N(C)C(=O)C2CCN(CCC#N)CC2)CC1. The van der Waals surface area contributed by atoms with E-state index in [0.717, 1.165) is 58.4 Å². The van der Waals surface area contributed by atoms with Gasteiger partial charge in [0.1, 0.15) is 0 Å². The molecule has 118 valence electrons. The van der Waals surface area contributed by atoms with Gasteiger partial charge in [-0.2, -0.15) is 5.26 Å². The van der Waals surface area contributed by atoms with Crippen LogP contribution in [0.1, 0.15) is 32.1 Å². The van der Waals surface area contributed by atoms with Crippen molar-refractivity contribution in [1.82, 2.24) is 14.7 Å². The fourth-order valence-electron chi connectivity index (χ4n) is 3.46. The van der Waals surface area contributed by atoms with Crippen LogP contribution in [0.25, 0.3) is 0 Å². The molecule has 0 bridgehead atoms. The lowest BCUT2D eigenvalue weighted by molar-refractivity contribution is -0.138. The zero-order chi connectivity index (χ0) is 15.2. The van der Waals surface area contributed by atoms with Crippen LogP contribution in [0.2, 0.25) is 0 Å². The van der Waals surface area contributed by atoms with Crippen molar-refractivity contribution in [1.29, 1.82) is 5.26 Å². The number of hydrogen-bond acceptors (Lipinski definition) is 4. The molecule has 2 saturated heterocycles. The first-order valence-electron chi connectivity index (χ1n) is 8.16. The Morgan fingerprint density at radius 2 is 1.81 bits per heavy atom. The maximum atomic E-state index is 12.6. The van der Waals surface area contributed by atoms with Crippen LogP contribution in [-0.4, -0.2) is 73.5 Å². The molecule has 0 saturated carbocycles. The second kappa shape index (κ2) is 7.77. The molecule has 0 aromatic heterocycles. The average Bonchev–Trinajstić information content (AvgIpc) is 2.53. The molecule has 2 heterocycles. The number of carbonyl (C=O) groups excluding carboxylic acids is 1. The molecule has 2 rings (SSSR count). The number of hydrogen-bond donors (Lipinski definition) is 0. The highest BCUT2D eigenvalue weighted by Gasteiger charge is 2.31. The summed E-state index contributed by atoms with van der Waals surface area (Å²) in [5.74, 6) is 0.525. The minimum Gasteiger partial charge on any atom is -0.342 e. The predicted molar refractivity (Wildman–Crippen MR) is 82.7 cm³/mol. The summed E-state index contributed by atoms with van der Waals surface area (Å²) < 4.78 is 0. The van der Waals surface area contributed by atoms with Gasteiger partial charge in [-0.05, 0) is 58.9 Å². The Kier molecular flexibility index (Phi) is 6.01. The van der Waals surface area contributed by atoms with Gasteiger partial charge >= 0.3 is 0 Å². The minimum atomic E-state index is 0.188. The van der Waals surface area contributed by atoms with Gasteiger partial charge in [-0.3, -0.25) is 4.79 Å². The van der Waals surface area contributed by atoms with E-state index in [-0.39, 0.29) is 5.92 Å². The molecule has 0 aromatic carbocycles. The van der Waals surface area contributed by atoms with Crippen LogP contribution in [0.5, 0.6) is 0 Å². The lowest BCUT2D eigenvalue weighted by atomic mass is 9.93. The number of nitriles is 1. The molecule has 2 fully saturated rings. The quantitative estimate of drug-likeness (QED) is 0.780. The van der Waals surface area contributed by atoms with Crippen molar-refractivity contribution in [3.8, 4) is 6.07 Å². The summed E-state index contributed by atoms with van der Waals surface area (Å²) in [7, 11) is 4.13. The standard InChI is InChI=1S/C16H28N4O/c1-18-10-6-15(7-11-18)19(2)16(21)14-4-12-20(13-5-14)9-3-8-17/h14-15H,3-7,9-13H2,1-2H3. The van der Waals surface area contributed by atoms with Gasteiger partial charge in [-0.25, -0.2) is 0 Å². The second-order valence-corrected chi connectivity index (χ2v) is 6.51. The second-order valence-electron chi connectivity index (χ2n) is 6.51. The molecule has 0 N–H and O–H groups in total. The summed E-state index contributed by atoms with van der Waals surface area (Å²) in [6, 6.07) is 2.61. The molecular formula is C16H28N4O. The number of rotatable bonds is 4. The van der Waals surface area contributed by atoms with Gasteiger partial charge in [-0.1, -0.05) is 0 Å². The number of piperidine rings is 2. The molecule has 0 aromatic rings. The van der Waals surface area contributed by atoms with Crippen LogP contribution >= 0.6 is 0 Å². The predicted octanol–water partition coefficient (Wildman–Crippen LogP) is 1.16. The third kappa shape index (κ3) is 4.42. The summed E-state index contributed by atoms with van der Waals surface area (Å²) in [6.45, 7) is 4.95. The van der Waals surface area contributed by atoms with Crippen molar-refractivity contribution < 1.29 is 4.79 Å². The van der Waals surface area contributed by atoms with Gasteiger partial charge in [0.15, 0.2) is 0 Å². The summed E-state index contributed by atoms with van der Waals surface area (Å²) in [4.78, 5) is 19.3. The zero-order valence-electron chi connectivity index (χ0n) is 13.4. The Bertz CT molecular complexity index is 376. The third-order valence-corrected chi connectivity index (χ3v) is 5.06. The van der Waals surface area contributed by atoms with Gasteiger partial charge < -0.3 is 14.7 Å². The van der Waals surface area contributed by atoms with E-state index in [9.17, 15) is 4.79 Å². The van der Waals surface area contributed by atoms with Crippen LogP contribution in [0.4, 0.5) is 0 Å². The van der Waals surface area contributed by atoms with Crippen LogP contribution in [0.15, 0.2) is 0 Å². The van der Waals surface area contributed by atoms with Gasteiger partial charge in [0.05, 0.1) is 6.07 Å². The van der Waals surface area contributed by atoms with Gasteiger partial charge in [0.25, 0.3) is 0 Å². The van der Waals surface area contributed by atoms with E-state index in [1.807, 2.05) is 11.9 Å². The first kappa shape index (κ1) is 16.3. The Hall–Kier alpha value is -1.12. The van der Waals surface area contributed by atoms with E-state index in [4.69, 9.17) is 5.26 Å². The summed E-state index contributed by atoms with van der Waals surface area (Å²) >= 11 is 0. The molecule has 0 atom stereocenters. The molecule has 0 radical (unpaired) electrons. The highest BCUT2D eigenvalue weighted by Crippen LogP contribution is 2.22. The first-order chi connectivity index (χ1) is 10.1. The van der Waals surface area contributed by atoms with Crippen LogP contribution in [-0.2, 0) is 4.79 Å². The number of carbonyl (C=O) groups is 1.